The van der Waals surface area contributed by atoms with Gasteiger partial charge in [-0.15, -0.1) is 0 Å². The normalized spacial score (nSPS) is 14.9. The number of nitrogen functional groups attached to an aromatic ring is 1. The highest BCUT2D eigenvalue weighted by Crippen LogP contribution is 2.28. The fourth-order valence-corrected chi connectivity index (χ4v) is 2.88. The zero-order valence-electron chi connectivity index (χ0n) is 11.0. The van der Waals surface area contributed by atoms with Crippen molar-refractivity contribution >= 4 is 15.7 Å². The number of sulfonamides is 1. The molecule has 0 bridgehead atoms. The number of hydrogen-bond donors (Lipinski definition) is 2. The Labute approximate surface area is 118 Å². The Balaban J connectivity index is 1.93. The van der Waals surface area contributed by atoms with Gasteiger partial charge in [-0.3, -0.25) is 0 Å². The summed E-state index contributed by atoms with van der Waals surface area (Å²) in [4.78, 5) is -0.0589. The van der Waals surface area contributed by atoms with Gasteiger partial charge in [-0.05, 0) is 37.0 Å². The third-order valence-electron chi connectivity index (χ3n) is 3.00. The first kappa shape index (κ1) is 14.8. The van der Waals surface area contributed by atoms with E-state index >= 15 is 0 Å². The molecule has 0 saturated heterocycles. The molecule has 20 heavy (non-hydrogen) atoms. The second kappa shape index (κ2) is 6.22. The Morgan fingerprint density at radius 2 is 2.20 bits per heavy atom. The molecule has 7 heteroatoms. The molecule has 0 atom stereocenters. The number of nitrogens with one attached hydrogen (secondary N) is 1. The van der Waals surface area contributed by atoms with Gasteiger partial charge in [0, 0.05) is 18.8 Å². The summed E-state index contributed by atoms with van der Waals surface area (Å²) in [6.45, 7) is 1.20. The minimum atomic E-state index is -3.71. The van der Waals surface area contributed by atoms with Crippen LogP contribution < -0.4 is 10.5 Å². The van der Waals surface area contributed by atoms with Gasteiger partial charge in [0.15, 0.2) is 0 Å². The molecule has 1 aromatic rings. The summed E-state index contributed by atoms with van der Waals surface area (Å²) in [7, 11) is -3.71. The van der Waals surface area contributed by atoms with E-state index in [4.69, 9.17) is 15.7 Å². The molecule has 1 saturated carbocycles. The van der Waals surface area contributed by atoms with E-state index in [0.29, 0.717) is 24.8 Å². The molecule has 0 amide bonds. The maximum absolute atomic E-state index is 12.1. The fourth-order valence-electron chi connectivity index (χ4n) is 1.73. The van der Waals surface area contributed by atoms with E-state index in [1.807, 2.05) is 6.07 Å². The lowest BCUT2D eigenvalue weighted by molar-refractivity contribution is 0.129. The topological polar surface area (TPSA) is 105 Å². The van der Waals surface area contributed by atoms with Gasteiger partial charge < -0.3 is 10.5 Å². The molecule has 1 aliphatic rings. The van der Waals surface area contributed by atoms with E-state index in [1.54, 1.807) is 0 Å². The van der Waals surface area contributed by atoms with Crippen LogP contribution in [0.2, 0.25) is 0 Å². The van der Waals surface area contributed by atoms with Gasteiger partial charge >= 0.3 is 0 Å². The van der Waals surface area contributed by atoms with Gasteiger partial charge in [-0.1, -0.05) is 0 Å². The molecule has 1 aromatic carbocycles. The van der Waals surface area contributed by atoms with E-state index < -0.39 is 10.0 Å². The monoisotopic (exact) mass is 295 g/mol. The quantitative estimate of drug-likeness (QED) is 0.573. The molecule has 0 aliphatic heterocycles. The molecule has 1 fully saturated rings. The lowest BCUT2D eigenvalue weighted by Crippen LogP contribution is -2.28. The van der Waals surface area contributed by atoms with Crippen LogP contribution in [0, 0.1) is 17.2 Å². The number of anilines is 1. The second-order valence-electron chi connectivity index (χ2n) is 4.78. The summed E-state index contributed by atoms with van der Waals surface area (Å²) >= 11 is 0. The third kappa shape index (κ3) is 3.93. The zero-order valence-corrected chi connectivity index (χ0v) is 11.8. The van der Waals surface area contributed by atoms with Crippen LogP contribution in [0.5, 0.6) is 0 Å². The molecule has 0 radical (unpaired) electrons. The number of nitrogens with zero attached hydrogens (tertiary/aromatic N) is 1. The molecule has 6 nitrogen and oxygen atoms in total. The van der Waals surface area contributed by atoms with Gasteiger partial charge in [0.2, 0.25) is 10.0 Å². The number of benzene rings is 1. The van der Waals surface area contributed by atoms with Crippen molar-refractivity contribution in [3.63, 3.8) is 0 Å². The SMILES string of the molecule is N#Cc1cc(N)ccc1S(=O)(=O)NCCOCC1CC1. The first-order valence-corrected chi connectivity index (χ1v) is 7.88. The van der Waals surface area contributed by atoms with Crippen molar-refractivity contribution in [2.24, 2.45) is 5.92 Å². The minimum absolute atomic E-state index is 0.0383. The van der Waals surface area contributed by atoms with Crippen molar-refractivity contribution in [1.29, 1.82) is 5.26 Å². The molecular weight excluding hydrogens is 278 g/mol. The summed E-state index contributed by atoms with van der Waals surface area (Å²) in [5.41, 5.74) is 5.93. The minimum Gasteiger partial charge on any atom is -0.399 e. The zero-order chi connectivity index (χ0) is 14.6. The van der Waals surface area contributed by atoms with Crippen molar-refractivity contribution in [2.45, 2.75) is 17.7 Å². The predicted molar refractivity (Wildman–Crippen MR) is 74.3 cm³/mol. The van der Waals surface area contributed by atoms with Crippen LogP contribution in [-0.2, 0) is 14.8 Å². The lowest BCUT2D eigenvalue weighted by atomic mass is 10.2. The summed E-state index contributed by atoms with van der Waals surface area (Å²) in [6.07, 6.45) is 2.39. The highest BCUT2D eigenvalue weighted by molar-refractivity contribution is 7.89. The molecule has 1 aliphatic carbocycles. The Morgan fingerprint density at radius 3 is 2.85 bits per heavy atom. The second-order valence-corrected chi connectivity index (χ2v) is 6.52. The Bertz CT molecular complexity index is 618. The van der Waals surface area contributed by atoms with E-state index in [2.05, 4.69) is 4.72 Å². The summed E-state index contributed by atoms with van der Waals surface area (Å²) in [6, 6.07) is 5.97. The average molecular weight is 295 g/mol. The van der Waals surface area contributed by atoms with Crippen LogP contribution in [0.15, 0.2) is 23.1 Å². The first-order chi connectivity index (χ1) is 9.53. The van der Waals surface area contributed by atoms with Crippen molar-refractivity contribution in [3.05, 3.63) is 23.8 Å². The average Bonchev–Trinajstić information content (AvgIpc) is 3.21. The van der Waals surface area contributed by atoms with E-state index in [0.717, 1.165) is 0 Å². The highest BCUT2D eigenvalue weighted by Gasteiger charge is 2.21. The summed E-state index contributed by atoms with van der Waals surface area (Å²) in [5.74, 6) is 0.647. The van der Waals surface area contributed by atoms with Crippen molar-refractivity contribution in [3.8, 4) is 6.07 Å². The van der Waals surface area contributed by atoms with E-state index in [9.17, 15) is 8.42 Å². The molecule has 0 unspecified atom stereocenters. The maximum Gasteiger partial charge on any atom is 0.241 e. The fraction of sp³-hybridized carbons (Fsp3) is 0.462. The van der Waals surface area contributed by atoms with Crippen LogP contribution in [0.25, 0.3) is 0 Å². The maximum atomic E-state index is 12.1. The molecule has 2 rings (SSSR count). The van der Waals surface area contributed by atoms with E-state index in [-0.39, 0.29) is 17.0 Å². The van der Waals surface area contributed by atoms with Crippen molar-refractivity contribution < 1.29 is 13.2 Å². The number of hydrogen-bond acceptors (Lipinski definition) is 5. The molecule has 0 heterocycles. The molecule has 108 valence electrons. The van der Waals surface area contributed by atoms with Crippen molar-refractivity contribution in [2.75, 3.05) is 25.5 Å². The van der Waals surface area contributed by atoms with Gasteiger partial charge in [0.05, 0.1) is 17.1 Å². The van der Waals surface area contributed by atoms with Gasteiger partial charge in [-0.25, -0.2) is 13.1 Å². The predicted octanol–water partition coefficient (Wildman–Crippen LogP) is 0.845. The first-order valence-electron chi connectivity index (χ1n) is 6.40. The van der Waals surface area contributed by atoms with Gasteiger partial charge in [-0.2, -0.15) is 5.26 Å². The number of nitrogens with two attached hydrogens (primary N) is 1. The number of nitriles is 1. The van der Waals surface area contributed by atoms with Crippen LogP contribution in [-0.4, -0.2) is 28.2 Å². The number of ether oxygens (including phenoxy) is 1. The highest BCUT2D eigenvalue weighted by atomic mass is 32.2. The van der Waals surface area contributed by atoms with Crippen LogP contribution in [0.1, 0.15) is 18.4 Å². The molecule has 3 N–H and O–H groups in total. The smallest absolute Gasteiger partial charge is 0.241 e. The molecule has 0 aromatic heterocycles. The Kier molecular flexibility index (Phi) is 4.60. The third-order valence-corrected chi connectivity index (χ3v) is 4.52. The van der Waals surface area contributed by atoms with Crippen LogP contribution in [0.4, 0.5) is 5.69 Å². The van der Waals surface area contributed by atoms with Gasteiger partial charge in [0.1, 0.15) is 6.07 Å². The van der Waals surface area contributed by atoms with Crippen LogP contribution in [0.3, 0.4) is 0 Å². The largest absolute Gasteiger partial charge is 0.399 e. The van der Waals surface area contributed by atoms with Gasteiger partial charge in [0.25, 0.3) is 0 Å². The molecular formula is C13H17N3O3S. The summed E-state index contributed by atoms with van der Waals surface area (Å²) < 4.78 is 31.9. The molecule has 0 spiro atoms. The van der Waals surface area contributed by atoms with Crippen molar-refractivity contribution in [1.82, 2.24) is 4.72 Å². The number of rotatable bonds is 7. The van der Waals surface area contributed by atoms with E-state index in [1.165, 1.54) is 31.0 Å². The summed E-state index contributed by atoms with van der Waals surface area (Å²) in [5, 5.41) is 8.96. The Hall–Kier alpha value is -1.62. The Morgan fingerprint density at radius 1 is 1.45 bits per heavy atom. The lowest BCUT2D eigenvalue weighted by Gasteiger charge is -2.09. The standard InChI is InChI=1S/C13H17N3O3S/c14-8-11-7-12(15)3-4-13(11)20(17,18)16-5-6-19-9-10-1-2-10/h3-4,7,10,16H,1-2,5-6,9,15H2. The van der Waals surface area contributed by atoms with Crippen LogP contribution >= 0.6 is 0 Å².